The maximum Gasteiger partial charge on any atom is 0.222 e. The van der Waals surface area contributed by atoms with Gasteiger partial charge in [-0.15, -0.1) is 0 Å². The molecular weight excluding hydrogens is 304 g/mol. The molecule has 0 bridgehead atoms. The summed E-state index contributed by atoms with van der Waals surface area (Å²) in [5.41, 5.74) is 1.30. The van der Waals surface area contributed by atoms with Gasteiger partial charge in [-0.3, -0.25) is 9.69 Å². The Morgan fingerprint density at radius 1 is 1.08 bits per heavy atom. The van der Waals surface area contributed by atoms with Gasteiger partial charge in [-0.05, 0) is 37.1 Å². The zero-order valence-electron chi connectivity index (χ0n) is 14.6. The molecule has 0 spiro atoms. The van der Waals surface area contributed by atoms with Crippen LogP contribution in [-0.4, -0.2) is 61.6 Å². The van der Waals surface area contributed by atoms with E-state index < -0.39 is 0 Å². The third-order valence-electron chi connectivity index (χ3n) is 4.78. The lowest BCUT2D eigenvalue weighted by molar-refractivity contribution is -0.132. The normalized spacial score (nSPS) is 18.3. The number of aryl methyl sites for hydroxylation is 1. The molecular formula is C19H28N2O3. The first-order valence-electron chi connectivity index (χ1n) is 9.15. The van der Waals surface area contributed by atoms with E-state index in [0.717, 1.165) is 76.7 Å². The molecule has 1 aromatic carbocycles. The summed E-state index contributed by atoms with van der Waals surface area (Å²) in [6.45, 7) is 8.22. The predicted octanol–water partition coefficient (Wildman–Crippen LogP) is 2.33. The third-order valence-corrected chi connectivity index (χ3v) is 4.78. The predicted molar refractivity (Wildman–Crippen MR) is 93.7 cm³/mol. The van der Waals surface area contributed by atoms with Gasteiger partial charge in [0.15, 0.2) is 11.5 Å². The molecule has 5 nitrogen and oxygen atoms in total. The van der Waals surface area contributed by atoms with Crippen LogP contribution in [0.5, 0.6) is 11.5 Å². The zero-order chi connectivity index (χ0) is 16.8. The van der Waals surface area contributed by atoms with E-state index in [2.05, 4.69) is 17.0 Å². The van der Waals surface area contributed by atoms with Crippen molar-refractivity contribution in [2.24, 2.45) is 0 Å². The van der Waals surface area contributed by atoms with Gasteiger partial charge in [0.05, 0.1) is 13.2 Å². The quantitative estimate of drug-likeness (QED) is 0.830. The van der Waals surface area contributed by atoms with E-state index in [-0.39, 0.29) is 5.91 Å². The number of piperazine rings is 1. The summed E-state index contributed by atoms with van der Waals surface area (Å²) in [4.78, 5) is 16.1. The first kappa shape index (κ1) is 17.1. The highest BCUT2D eigenvalue weighted by Crippen LogP contribution is 2.30. The van der Waals surface area contributed by atoms with Crippen LogP contribution in [0.2, 0.25) is 0 Å². The number of hydrogen-bond acceptors (Lipinski definition) is 4. The Kier molecular flexibility index (Phi) is 5.96. The van der Waals surface area contributed by atoms with Gasteiger partial charge in [0.2, 0.25) is 5.91 Å². The Bertz CT molecular complexity index is 554. The standard InChI is InChI=1S/C19H28N2O3/c1-2-19(22)21-11-9-20(10-12-21)8-3-5-16-6-7-17-18(15-16)24-14-4-13-23-17/h6-7,15H,2-5,8-14H2,1H3. The summed E-state index contributed by atoms with van der Waals surface area (Å²) >= 11 is 0. The molecule has 5 heteroatoms. The highest BCUT2D eigenvalue weighted by atomic mass is 16.5. The largest absolute Gasteiger partial charge is 0.490 e. The Morgan fingerprint density at radius 3 is 2.58 bits per heavy atom. The minimum absolute atomic E-state index is 0.279. The fraction of sp³-hybridized carbons (Fsp3) is 0.632. The van der Waals surface area contributed by atoms with Crippen LogP contribution >= 0.6 is 0 Å². The lowest BCUT2D eigenvalue weighted by Gasteiger charge is -2.34. The highest BCUT2D eigenvalue weighted by Gasteiger charge is 2.19. The van der Waals surface area contributed by atoms with E-state index in [4.69, 9.17) is 9.47 Å². The number of ether oxygens (including phenoxy) is 2. The van der Waals surface area contributed by atoms with Crippen molar-refractivity contribution in [1.82, 2.24) is 9.80 Å². The van der Waals surface area contributed by atoms with Crippen LogP contribution in [0.15, 0.2) is 18.2 Å². The van der Waals surface area contributed by atoms with Crippen molar-refractivity contribution in [2.45, 2.75) is 32.6 Å². The van der Waals surface area contributed by atoms with Gasteiger partial charge >= 0.3 is 0 Å². The molecule has 1 saturated heterocycles. The summed E-state index contributed by atoms with van der Waals surface area (Å²) in [5.74, 6) is 2.03. The van der Waals surface area contributed by atoms with Crippen molar-refractivity contribution in [2.75, 3.05) is 45.9 Å². The molecule has 3 rings (SSSR count). The second-order valence-electron chi connectivity index (χ2n) is 6.51. The number of nitrogens with zero attached hydrogens (tertiary/aromatic N) is 2. The first-order valence-corrected chi connectivity index (χ1v) is 9.15. The number of carbonyl (C=O) groups excluding carboxylic acids is 1. The molecule has 0 aliphatic carbocycles. The van der Waals surface area contributed by atoms with E-state index in [1.165, 1.54) is 5.56 Å². The fourth-order valence-electron chi connectivity index (χ4n) is 3.31. The fourth-order valence-corrected chi connectivity index (χ4v) is 3.31. The Morgan fingerprint density at radius 2 is 1.83 bits per heavy atom. The van der Waals surface area contributed by atoms with Crippen LogP contribution in [0.4, 0.5) is 0 Å². The molecule has 1 aromatic rings. The molecule has 2 heterocycles. The molecule has 1 amide bonds. The number of fused-ring (bicyclic) bond motifs is 1. The van der Waals surface area contributed by atoms with Crippen molar-refractivity contribution in [3.8, 4) is 11.5 Å². The monoisotopic (exact) mass is 332 g/mol. The molecule has 2 aliphatic heterocycles. The molecule has 1 fully saturated rings. The van der Waals surface area contributed by atoms with Crippen LogP contribution in [0.25, 0.3) is 0 Å². The van der Waals surface area contributed by atoms with Crippen LogP contribution in [0, 0.1) is 0 Å². The number of rotatable bonds is 5. The van der Waals surface area contributed by atoms with E-state index in [0.29, 0.717) is 6.42 Å². The molecule has 24 heavy (non-hydrogen) atoms. The first-order chi connectivity index (χ1) is 11.8. The van der Waals surface area contributed by atoms with Crippen molar-refractivity contribution in [1.29, 1.82) is 0 Å². The number of carbonyl (C=O) groups is 1. The zero-order valence-corrected chi connectivity index (χ0v) is 14.6. The molecule has 0 saturated carbocycles. The Balaban J connectivity index is 1.42. The van der Waals surface area contributed by atoms with Gasteiger partial charge in [0, 0.05) is 39.0 Å². The van der Waals surface area contributed by atoms with Crippen molar-refractivity contribution < 1.29 is 14.3 Å². The molecule has 0 N–H and O–H groups in total. The molecule has 0 unspecified atom stereocenters. The summed E-state index contributed by atoms with van der Waals surface area (Å²) in [7, 11) is 0. The third kappa shape index (κ3) is 4.41. The van der Waals surface area contributed by atoms with Gasteiger partial charge in [-0.1, -0.05) is 13.0 Å². The van der Waals surface area contributed by atoms with Crippen molar-refractivity contribution in [3.63, 3.8) is 0 Å². The van der Waals surface area contributed by atoms with E-state index in [1.54, 1.807) is 0 Å². The lowest BCUT2D eigenvalue weighted by atomic mass is 10.1. The summed E-state index contributed by atoms with van der Waals surface area (Å²) < 4.78 is 11.4. The molecule has 0 atom stereocenters. The SMILES string of the molecule is CCC(=O)N1CCN(CCCc2ccc3c(c2)OCCCO3)CC1. The molecule has 0 aromatic heterocycles. The van der Waals surface area contributed by atoms with E-state index >= 15 is 0 Å². The van der Waals surface area contributed by atoms with Crippen LogP contribution in [-0.2, 0) is 11.2 Å². The van der Waals surface area contributed by atoms with Gasteiger partial charge in [0.1, 0.15) is 0 Å². The summed E-state index contributed by atoms with van der Waals surface area (Å²) in [5, 5.41) is 0. The minimum atomic E-state index is 0.279. The van der Waals surface area contributed by atoms with Crippen molar-refractivity contribution in [3.05, 3.63) is 23.8 Å². The van der Waals surface area contributed by atoms with Crippen molar-refractivity contribution >= 4 is 5.91 Å². The second-order valence-corrected chi connectivity index (χ2v) is 6.51. The summed E-state index contributed by atoms with van der Waals surface area (Å²) in [6.07, 6.45) is 3.73. The average molecular weight is 332 g/mol. The molecule has 2 aliphatic rings. The molecule has 0 radical (unpaired) electrons. The van der Waals surface area contributed by atoms with Gasteiger partial charge in [-0.2, -0.15) is 0 Å². The summed E-state index contributed by atoms with van der Waals surface area (Å²) in [6, 6.07) is 6.30. The van der Waals surface area contributed by atoms with E-state index in [1.807, 2.05) is 17.9 Å². The Labute approximate surface area is 144 Å². The van der Waals surface area contributed by atoms with E-state index in [9.17, 15) is 4.79 Å². The van der Waals surface area contributed by atoms with Crippen LogP contribution in [0.1, 0.15) is 31.7 Å². The maximum absolute atomic E-state index is 11.7. The average Bonchev–Trinajstić information content (AvgIpc) is 2.86. The van der Waals surface area contributed by atoms with Crippen LogP contribution < -0.4 is 9.47 Å². The van der Waals surface area contributed by atoms with Gasteiger partial charge < -0.3 is 14.4 Å². The smallest absolute Gasteiger partial charge is 0.222 e. The second kappa shape index (κ2) is 8.38. The lowest BCUT2D eigenvalue weighted by Crippen LogP contribution is -2.48. The Hall–Kier alpha value is -1.75. The minimum Gasteiger partial charge on any atom is -0.490 e. The maximum atomic E-state index is 11.7. The molecule has 132 valence electrons. The van der Waals surface area contributed by atoms with Crippen LogP contribution in [0.3, 0.4) is 0 Å². The highest BCUT2D eigenvalue weighted by molar-refractivity contribution is 5.75. The number of amides is 1. The number of benzene rings is 1. The number of hydrogen-bond donors (Lipinski definition) is 0. The van der Waals surface area contributed by atoms with Gasteiger partial charge in [-0.25, -0.2) is 0 Å². The topological polar surface area (TPSA) is 42.0 Å². The van der Waals surface area contributed by atoms with Gasteiger partial charge in [0.25, 0.3) is 0 Å².